The normalized spacial score (nSPS) is 10.3. The maximum absolute atomic E-state index is 12.8. The number of methoxy groups -OCH3 is 1. The lowest BCUT2D eigenvalue weighted by atomic mass is 10.1. The SMILES string of the molecule is COc1cc(Cl)cc(C(=O)Nc2ccc(Cl)cn2)c1NC(=O)c1ncc(C)cn1.Cc1cnc(C(=O)Nc2ccc(Cl)cc2C(=O)Nc2ccc(Cl)cn2)nc1.Cc1ncc(C(=O)Nc2ccc(Cl)cc2C(=O)Nc2ccc(Cl)cn2)cn1. The minimum Gasteiger partial charge on any atom is -0.494 e. The van der Waals surface area contributed by atoms with Gasteiger partial charge in [-0.15, -0.1) is 0 Å². The number of halogens is 6. The van der Waals surface area contributed by atoms with Gasteiger partial charge >= 0.3 is 0 Å². The van der Waals surface area contributed by atoms with Gasteiger partial charge in [-0.2, -0.15) is 0 Å². The summed E-state index contributed by atoms with van der Waals surface area (Å²) in [4.78, 5) is 111. The number of amides is 6. The van der Waals surface area contributed by atoms with Gasteiger partial charge in [-0.05, 0) is 111 Å². The Morgan fingerprint density at radius 3 is 1.13 bits per heavy atom. The zero-order valence-corrected chi connectivity index (χ0v) is 48.0. The number of carbonyl (C=O) groups is 6. The van der Waals surface area contributed by atoms with Gasteiger partial charge in [0.2, 0.25) is 11.6 Å². The van der Waals surface area contributed by atoms with Gasteiger partial charge in [-0.3, -0.25) is 28.8 Å². The van der Waals surface area contributed by atoms with Crippen molar-refractivity contribution in [2.24, 2.45) is 0 Å². The zero-order chi connectivity index (χ0) is 59.7. The molecule has 6 heterocycles. The number of pyridine rings is 3. The van der Waals surface area contributed by atoms with Crippen LogP contribution in [-0.4, -0.2) is 87.4 Å². The highest BCUT2D eigenvalue weighted by Gasteiger charge is 2.23. The molecule has 0 spiro atoms. The average Bonchev–Trinajstić information content (AvgIpc) is 3.51. The van der Waals surface area contributed by atoms with Gasteiger partial charge in [-0.25, -0.2) is 44.9 Å². The molecule has 6 amide bonds. The van der Waals surface area contributed by atoms with Crippen LogP contribution in [0.3, 0.4) is 0 Å². The summed E-state index contributed by atoms with van der Waals surface area (Å²) in [5.74, 6) is -1.55. The minimum atomic E-state index is -0.607. The van der Waals surface area contributed by atoms with Gasteiger partial charge in [0.1, 0.15) is 29.0 Å². The van der Waals surface area contributed by atoms with Crippen molar-refractivity contribution >= 4 is 140 Å². The molecule has 0 atom stereocenters. The Balaban J connectivity index is 0.000000179. The van der Waals surface area contributed by atoms with Crippen molar-refractivity contribution in [2.45, 2.75) is 20.8 Å². The molecule has 6 N–H and O–H groups in total. The van der Waals surface area contributed by atoms with Gasteiger partial charge in [0.25, 0.3) is 35.4 Å². The van der Waals surface area contributed by atoms with E-state index in [1.807, 2.05) is 6.92 Å². The Labute approximate surface area is 502 Å². The van der Waals surface area contributed by atoms with Crippen molar-refractivity contribution in [3.63, 3.8) is 0 Å². The number of benzene rings is 3. The van der Waals surface area contributed by atoms with Gasteiger partial charge in [0.15, 0.2) is 0 Å². The maximum atomic E-state index is 12.8. The number of anilines is 6. The molecule has 9 aromatic rings. The summed E-state index contributed by atoms with van der Waals surface area (Å²) < 4.78 is 5.29. The number of hydrogen-bond donors (Lipinski definition) is 6. The van der Waals surface area contributed by atoms with Gasteiger partial charge in [0, 0.05) is 76.9 Å². The second-order valence-corrected chi connectivity index (χ2v) is 19.5. The van der Waals surface area contributed by atoms with Crippen LogP contribution in [0.15, 0.2) is 141 Å². The smallest absolute Gasteiger partial charge is 0.293 e. The molecule has 3 aromatic carbocycles. The Kier molecular flexibility index (Phi) is 21.4. The molecule has 420 valence electrons. The molecule has 0 saturated heterocycles. The first-order valence-corrected chi connectivity index (χ1v) is 26.0. The molecule has 9 rings (SSSR count). The maximum Gasteiger partial charge on any atom is 0.293 e. The van der Waals surface area contributed by atoms with Crippen molar-refractivity contribution < 1.29 is 33.5 Å². The number of hydrogen-bond acceptors (Lipinski definition) is 16. The Bertz CT molecular complexity index is 3670. The number of nitrogens with one attached hydrogen (secondary N) is 6. The molecule has 0 bridgehead atoms. The van der Waals surface area contributed by atoms with Crippen LogP contribution < -0.4 is 36.6 Å². The van der Waals surface area contributed by atoms with E-state index in [0.717, 1.165) is 11.1 Å². The highest BCUT2D eigenvalue weighted by Crippen LogP contribution is 2.34. The number of rotatable bonds is 13. The van der Waals surface area contributed by atoms with Crippen LogP contribution in [0.25, 0.3) is 0 Å². The lowest BCUT2D eigenvalue weighted by Gasteiger charge is -2.15. The first-order valence-electron chi connectivity index (χ1n) is 23.8. The summed E-state index contributed by atoms with van der Waals surface area (Å²) in [5, 5.41) is 18.0. The fourth-order valence-corrected chi connectivity index (χ4v) is 7.54. The summed E-state index contributed by atoms with van der Waals surface area (Å²) >= 11 is 35.5. The van der Waals surface area contributed by atoms with E-state index in [0.29, 0.717) is 42.6 Å². The summed E-state index contributed by atoms with van der Waals surface area (Å²) in [5.41, 5.74) is 3.00. The molecule has 83 heavy (non-hydrogen) atoms. The topological polar surface area (TPSA) is 300 Å². The third-order valence-electron chi connectivity index (χ3n) is 10.6. The van der Waals surface area contributed by atoms with E-state index in [2.05, 4.69) is 76.8 Å². The van der Waals surface area contributed by atoms with Crippen molar-refractivity contribution in [3.8, 4) is 5.75 Å². The van der Waals surface area contributed by atoms with Gasteiger partial charge in [0.05, 0.1) is 61.5 Å². The van der Waals surface area contributed by atoms with Crippen LogP contribution in [0.1, 0.15) is 79.6 Å². The van der Waals surface area contributed by atoms with Crippen LogP contribution in [-0.2, 0) is 0 Å². The number of aryl methyl sites for hydroxylation is 3. The summed E-state index contributed by atoms with van der Waals surface area (Å²) in [7, 11) is 1.39. The number of nitrogens with zero attached hydrogens (tertiary/aromatic N) is 9. The predicted octanol–water partition coefficient (Wildman–Crippen LogP) is 12.0. The predicted molar refractivity (Wildman–Crippen MR) is 317 cm³/mol. The van der Waals surface area contributed by atoms with Gasteiger partial charge in [-0.1, -0.05) is 69.6 Å². The lowest BCUT2D eigenvalue weighted by Crippen LogP contribution is -2.21. The number of carbonyl (C=O) groups excluding carboxylic acids is 6. The minimum absolute atomic E-state index is 0.0127. The quantitative estimate of drug-likeness (QED) is 0.0625. The van der Waals surface area contributed by atoms with Crippen LogP contribution in [0.2, 0.25) is 30.1 Å². The van der Waals surface area contributed by atoms with E-state index >= 15 is 0 Å². The summed E-state index contributed by atoms with van der Waals surface area (Å²) in [6.07, 6.45) is 13.1. The van der Waals surface area contributed by atoms with E-state index in [1.165, 1.54) is 93.2 Å². The van der Waals surface area contributed by atoms with Crippen LogP contribution >= 0.6 is 69.6 Å². The van der Waals surface area contributed by atoms with Crippen LogP contribution in [0.4, 0.5) is 34.5 Å². The Hall–Kier alpha value is -9.29. The third kappa shape index (κ3) is 17.9. The number of aromatic nitrogens is 9. The molecule has 0 radical (unpaired) electrons. The fraction of sp³-hybridized carbons (Fsp3) is 0.0727. The third-order valence-corrected chi connectivity index (χ3v) is 12.0. The molecule has 6 aromatic heterocycles. The molecule has 0 saturated carbocycles. The molecule has 0 aliphatic heterocycles. The first kappa shape index (κ1) is 61.3. The van der Waals surface area contributed by atoms with Crippen LogP contribution in [0.5, 0.6) is 5.75 Å². The molecular weight excluding hydrogens is 1200 g/mol. The fourth-order valence-electron chi connectivity index (χ4n) is 6.65. The Morgan fingerprint density at radius 1 is 0.361 bits per heavy atom. The highest BCUT2D eigenvalue weighted by atomic mass is 35.5. The van der Waals surface area contributed by atoms with E-state index in [4.69, 9.17) is 74.3 Å². The molecule has 22 nitrogen and oxygen atoms in total. The number of ether oxygens (including phenoxy) is 1. The molecule has 0 aliphatic carbocycles. The highest BCUT2D eigenvalue weighted by molar-refractivity contribution is 6.33. The Morgan fingerprint density at radius 2 is 0.735 bits per heavy atom. The van der Waals surface area contributed by atoms with E-state index in [9.17, 15) is 28.8 Å². The summed E-state index contributed by atoms with van der Waals surface area (Å²) in [6.45, 7) is 5.33. The monoisotopic (exact) mass is 1230 g/mol. The van der Waals surface area contributed by atoms with E-state index in [1.54, 1.807) is 68.4 Å². The summed E-state index contributed by atoms with van der Waals surface area (Å²) in [6, 6.07) is 21.4. The largest absolute Gasteiger partial charge is 0.494 e. The molecule has 0 unspecified atom stereocenters. The van der Waals surface area contributed by atoms with Crippen molar-refractivity contribution in [1.82, 2.24) is 44.9 Å². The second kappa shape index (κ2) is 28.9. The van der Waals surface area contributed by atoms with Gasteiger partial charge < -0.3 is 36.6 Å². The van der Waals surface area contributed by atoms with Crippen molar-refractivity contribution in [3.05, 3.63) is 222 Å². The first-order chi connectivity index (χ1) is 39.7. The van der Waals surface area contributed by atoms with E-state index < -0.39 is 35.4 Å². The van der Waals surface area contributed by atoms with E-state index in [-0.39, 0.29) is 67.6 Å². The van der Waals surface area contributed by atoms with Crippen molar-refractivity contribution in [1.29, 1.82) is 0 Å². The van der Waals surface area contributed by atoms with Crippen LogP contribution in [0, 0.1) is 20.8 Å². The lowest BCUT2D eigenvalue weighted by molar-refractivity contribution is 0.100. The average molecular weight is 1240 g/mol. The molecule has 0 aliphatic rings. The second-order valence-electron chi connectivity index (χ2n) is 16.9. The van der Waals surface area contributed by atoms with Crippen molar-refractivity contribution in [2.75, 3.05) is 39.0 Å². The zero-order valence-electron chi connectivity index (χ0n) is 43.4. The molecular formula is C55H41Cl6N15O7. The standard InChI is InChI=1S/C19H15Cl2N5O3.2C18H13Cl2N5O2/c1-10-7-23-17(24-8-10)19(28)26-16-13(5-12(21)6-14(16)29-2)18(27)25-15-4-3-11(20)9-22-15;1-10-21-7-11(8-22-10)17(26)24-15-4-2-12(19)6-14(15)18(27)25-16-5-3-13(20)9-23-16;1-10-7-22-16(23-8-10)18(27)24-14-4-2-11(19)6-13(14)17(26)25-15-5-3-12(20)9-21-15/h3-9H,1-2H3,(H,26,28)(H,22,25,27);2-9H,1H3,(H,24,26)(H,23,25,27);2-9H,1H3,(H,24,27)(H,21,25,26). The molecule has 0 fully saturated rings. The molecule has 28 heteroatoms.